The lowest BCUT2D eigenvalue weighted by molar-refractivity contribution is -0.121. The molecule has 1 aliphatic heterocycles. The number of hydrogen-bond donors (Lipinski definition) is 3. The third kappa shape index (κ3) is 4.35. The van der Waals surface area contributed by atoms with Crippen molar-refractivity contribution in [2.75, 3.05) is 19.6 Å². The monoisotopic (exact) mass is 349 g/mol. The zero-order valence-electron chi connectivity index (χ0n) is 13.2. The minimum Gasteiger partial charge on any atom is -0.441 e. The highest BCUT2D eigenvalue weighted by Crippen LogP contribution is 2.22. The van der Waals surface area contributed by atoms with Gasteiger partial charge in [0.25, 0.3) is 0 Å². The molecule has 2 unspecified atom stereocenters. The SMILES string of the molecule is O=C(CCc1ncc(-c2ccc(Cl)cc2)o1)NCC1CNCC1O. The van der Waals surface area contributed by atoms with E-state index in [0.29, 0.717) is 42.6 Å². The van der Waals surface area contributed by atoms with Crippen LogP contribution in [0.1, 0.15) is 12.3 Å². The Kier molecular flexibility index (Phi) is 5.50. The minimum atomic E-state index is -0.390. The van der Waals surface area contributed by atoms with Crippen molar-refractivity contribution in [3.05, 3.63) is 41.4 Å². The number of hydrogen-bond acceptors (Lipinski definition) is 5. The molecule has 6 nitrogen and oxygen atoms in total. The molecule has 2 heterocycles. The van der Waals surface area contributed by atoms with Crippen LogP contribution in [0.15, 0.2) is 34.9 Å². The molecule has 3 rings (SSSR count). The maximum atomic E-state index is 11.9. The molecule has 0 aliphatic carbocycles. The number of aliphatic hydroxyl groups is 1. The molecule has 1 aromatic heterocycles. The van der Waals surface area contributed by atoms with Crippen molar-refractivity contribution in [2.45, 2.75) is 18.9 Å². The Labute approximate surface area is 145 Å². The Morgan fingerprint density at radius 1 is 1.38 bits per heavy atom. The number of rotatable bonds is 6. The topological polar surface area (TPSA) is 87.4 Å². The van der Waals surface area contributed by atoms with Crippen molar-refractivity contribution >= 4 is 17.5 Å². The second-order valence-corrected chi connectivity index (χ2v) is 6.35. The number of carbonyl (C=O) groups excluding carboxylic acids is 1. The van der Waals surface area contributed by atoms with E-state index in [1.807, 2.05) is 12.1 Å². The smallest absolute Gasteiger partial charge is 0.220 e. The van der Waals surface area contributed by atoms with Gasteiger partial charge in [0.1, 0.15) is 0 Å². The fourth-order valence-corrected chi connectivity index (χ4v) is 2.78. The van der Waals surface area contributed by atoms with E-state index in [0.717, 1.165) is 12.1 Å². The second kappa shape index (κ2) is 7.79. The normalized spacial score (nSPS) is 20.2. The van der Waals surface area contributed by atoms with Gasteiger partial charge in [-0.25, -0.2) is 4.98 Å². The van der Waals surface area contributed by atoms with Crippen LogP contribution in [0.3, 0.4) is 0 Å². The fraction of sp³-hybridized carbons (Fsp3) is 0.412. The standard InChI is InChI=1S/C17H20ClN3O3/c18-13-3-1-11(2-4-13)15-10-21-17(24-15)6-5-16(23)20-8-12-7-19-9-14(12)22/h1-4,10,12,14,19,22H,5-9H2,(H,20,23). The summed E-state index contributed by atoms with van der Waals surface area (Å²) >= 11 is 5.86. The predicted octanol–water partition coefficient (Wildman–Crippen LogP) is 1.62. The highest BCUT2D eigenvalue weighted by molar-refractivity contribution is 6.30. The van der Waals surface area contributed by atoms with E-state index >= 15 is 0 Å². The number of carbonyl (C=O) groups is 1. The highest BCUT2D eigenvalue weighted by Gasteiger charge is 2.24. The van der Waals surface area contributed by atoms with Crippen LogP contribution in [-0.4, -0.2) is 41.7 Å². The number of aliphatic hydroxyl groups excluding tert-OH is 1. The van der Waals surface area contributed by atoms with Gasteiger partial charge in [-0.05, 0) is 24.3 Å². The second-order valence-electron chi connectivity index (χ2n) is 5.91. The van der Waals surface area contributed by atoms with E-state index in [1.165, 1.54) is 0 Å². The first kappa shape index (κ1) is 17.0. The van der Waals surface area contributed by atoms with Gasteiger partial charge in [0.05, 0.1) is 12.3 Å². The van der Waals surface area contributed by atoms with Crippen LogP contribution in [-0.2, 0) is 11.2 Å². The molecule has 2 aromatic rings. The number of aromatic nitrogens is 1. The first-order valence-electron chi connectivity index (χ1n) is 7.98. The van der Waals surface area contributed by atoms with E-state index in [4.69, 9.17) is 16.0 Å². The average molecular weight is 350 g/mol. The average Bonchev–Trinajstić information content (AvgIpc) is 3.21. The molecule has 0 bridgehead atoms. The van der Waals surface area contributed by atoms with Crippen LogP contribution in [0.4, 0.5) is 0 Å². The summed E-state index contributed by atoms with van der Waals surface area (Å²) in [4.78, 5) is 16.1. The van der Waals surface area contributed by atoms with Crippen molar-refractivity contribution in [3.63, 3.8) is 0 Å². The Bertz CT molecular complexity index is 687. The Balaban J connectivity index is 1.46. The van der Waals surface area contributed by atoms with Crippen LogP contribution in [0.2, 0.25) is 5.02 Å². The maximum absolute atomic E-state index is 11.9. The molecule has 1 aliphatic rings. The fourth-order valence-electron chi connectivity index (χ4n) is 2.65. The molecule has 24 heavy (non-hydrogen) atoms. The van der Waals surface area contributed by atoms with Crippen molar-refractivity contribution in [1.29, 1.82) is 0 Å². The summed E-state index contributed by atoms with van der Waals surface area (Å²) in [6.07, 6.45) is 2.00. The minimum absolute atomic E-state index is 0.0691. The Hall–Kier alpha value is -1.89. The third-order valence-electron chi connectivity index (χ3n) is 4.11. The molecule has 0 radical (unpaired) electrons. The van der Waals surface area contributed by atoms with Crippen molar-refractivity contribution in [2.24, 2.45) is 5.92 Å². The molecule has 1 saturated heterocycles. The van der Waals surface area contributed by atoms with Gasteiger partial charge in [0.2, 0.25) is 5.91 Å². The van der Waals surface area contributed by atoms with E-state index in [9.17, 15) is 9.90 Å². The largest absolute Gasteiger partial charge is 0.441 e. The van der Waals surface area contributed by atoms with Crippen LogP contribution in [0.25, 0.3) is 11.3 Å². The van der Waals surface area contributed by atoms with Crippen molar-refractivity contribution in [3.8, 4) is 11.3 Å². The van der Waals surface area contributed by atoms with Gasteiger partial charge in [-0.1, -0.05) is 11.6 Å². The molecule has 2 atom stereocenters. The van der Waals surface area contributed by atoms with Crippen molar-refractivity contribution < 1.29 is 14.3 Å². The number of β-amino-alcohol motifs (C(OH)–C–C–N with tert-alkyl or cyclic N) is 1. The predicted molar refractivity (Wildman–Crippen MR) is 90.6 cm³/mol. The van der Waals surface area contributed by atoms with E-state index in [2.05, 4.69) is 15.6 Å². The third-order valence-corrected chi connectivity index (χ3v) is 4.37. The van der Waals surface area contributed by atoms with Gasteiger partial charge in [-0.15, -0.1) is 0 Å². The highest BCUT2D eigenvalue weighted by atomic mass is 35.5. The van der Waals surface area contributed by atoms with Crippen LogP contribution in [0.5, 0.6) is 0 Å². The Morgan fingerprint density at radius 3 is 2.88 bits per heavy atom. The first-order chi connectivity index (χ1) is 11.6. The zero-order chi connectivity index (χ0) is 16.9. The van der Waals surface area contributed by atoms with Gasteiger partial charge < -0.3 is 20.2 Å². The van der Waals surface area contributed by atoms with Gasteiger partial charge in [-0.3, -0.25) is 4.79 Å². The quantitative estimate of drug-likeness (QED) is 0.737. The summed E-state index contributed by atoms with van der Waals surface area (Å²) in [6.45, 7) is 1.80. The molecular weight excluding hydrogens is 330 g/mol. The van der Waals surface area contributed by atoms with Gasteiger partial charge in [-0.2, -0.15) is 0 Å². The number of nitrogens with zero attached hydrogens (tertiary/aromatic N) is 1. The van der Waals surface area contributed by atoms with Crippen LogP contribution >= 0.6 is 11.6 Å². The molecule has 0 spiro atoms. The lowest BCUT2D eigenvalue weighted by Crippen LogP contribution is -2.34. The van der Waals surface area contributed by atoms with E-state index < -0.39 is 0 Å². The number of nitrogens with one attached hydrogen (secondary N) is 2. The van der Waals surface area contributed by atoms with Crippen molar-refractivity contribution in [1.82, 2.24) is 15.6 Å². The maximum Gasteiger partial charge on any atom is 0.220 e. The number of benzene rings is 1. The summed E-state index contributed by atoms with van der Waals surface area (Å²) in [7, 11) is 0. The molecule has 1 fully saturated rings. The zero-order valence-corrected chi connectivity index (χ0v) is 13.9. The summed E-state index contributed by atoms with van der Waals surface area (Å²) < 4.78 is 5.67. The lowest BCUT2D eigenvalue weighted by Gasteiger charge is -2.13. The molecule has 128 valence electrons. The van der Waals surface area contributed by atoms with Gasteiger partial charge in [0.15, 0.2) is 11.7 Å². The molecule has 7 heteroatoms. The molecule has 1 amide bonds. The lowest BCUT2D eigenvalue weighted by atomic mass is 10.1. The van der Waals surface area contributed by atoms with E-state index in [1.54, 1.807) is 18.3 Å². The molecule has 0 saturated carbocycles. The van der Waals surface area contributed by atoms with Crippen LogP contribution < -0.4 is 10.6 Å². The van der Waals surface area contributed by atoms with E-state index in [-0.39, 0.29) is 17.9 Å². The summed E-state index contributed by atoms with van der Waals surface area (Å²) in [5.41, 5.74) is 0.894. The first-order valence-corrected chi connectivity index (χ1v) is 8.36. The molecule has 3 N–H and O–H groups in total. The Morgan fingerprint density at radius 2 is 2.17 bits per heavy atom. The summed E-state index contributed by atoms with van der Waals surface area (Å²) in [5, 5.41) is 16.3. The number of oxazole rings is 1. The number of halogens is 1. The number of aryl methyl sites for hydroxylation is 1. The summed E-state index contributed by atoms with van der Waals surface area (Å²) in [5.74, 6) is 1.19. The summed E-state index contributed by atoms with van der Waals surface area (Å²) in [6, 6.07) is 7.30. The van der Waals surface area contributed by atoms with Gasteiger partial charge >= 0.3 is 0 Å². The molecular formula is C17H20ClN3O3. The van der Waals surface area contributed by atoms with Gasteiger partial charge in [0, 0.05) is 49.0 Å². The molecule has 1 aromatic carbocycles. The van der Waals surface area contributed by atoms with Crippen LogP contribution in [0, 0.1) is 5.92 Å². The number of amides is 1.